The summed E-state index contributed by atoms with van der Waals surface area (Å²) in [6.45, 7) is 0.583. The van der Waals surface area contributed by atoms with Crippen molar-refractivity contribution in [2.24, 2.45) is 0 Å². The molecule has 0 radical (unpaired) electrons. The number of ether oxygens (including phenoxy) is 1. The maximum atomic E-state index is 5.84. The van der Waals surface area contributed by atoms with E-state index in [9.17, 15) is 0 Å². The molecule has 2 aromatic rings. The van der Waals surface area contributed by atoms with Crippen LogP contribution in [0.2, 0.25) is 5.02 Å². The van der Waals surface area contributed by atoms with Crippen LogP contribution in [-0.4, -0.2) is 0 Å². The Bertz CT molecular complexity index is 512. The maximum absolute atomic E-state index is 5.84. The van der Waals surface area contributed by atoms with Gasteiger partial charge in [-0.25, -0.2) is 0 Å². The van der Waals surface area contributed by atoms with E-state index in [-0.39, 0.29) is 0 Å². The molecule has 0 N–H and O–H groups in total. The molecule has 2 heteroatoms. The lowest BCUT2D eigenvalue weighted by Crippen LogP contribution is -1.95. The van der Waals surface area contributed by atoms with Crippen molar-refractivity contribution < 1.29 is 4.74 Å². The van der Waals surface area contributed by atoms with Gasteiger partial charge in [-0.2, -0.15) is 0 Å². The van der Waals surface area contributed by atoms with Crippen LogP contribution in [0, 0.1) is 0 Å². The number of rotatable bonds is 4. The Labute approximate surface area is 112 Å². The standard InChI is InChI=1S/C16H15ClO/c17-15-7-1-12(2-8-15)11-18-16-9-5-14(6-10-16)13-3-4-13/h1-2,5-10,13H,3-4,11H2. The Morgan fingerprint density at radius 2 is 1.61 bits per heavy atom. The smallest absolute Gasteiger partial charge is 0.119 e. The molecule has 0 bridgehead atoms. The van der Waals surface area contributed by atoms with Crippen LogP contribution in [0.4, 0.5) is 0 Å². The predicted molar refractivity (Wildman–Crippen MR) is 74.2 cm³/mol. The minimum Gasteiger partial charge on any atom is -0.489 e. The van der Waals surface area contributed by atoms with E-state index in [1.165, 1.54) is 18.4 Å². The highest BCUT2D eigenvalue weighted by molar-refractivity contribution is 6.30. The zero-order chi connectivity index (χ0) is 12.4. The molecule has 0 amide bonds. The quantitative estimate of drug-likeness (QED) is 0.766. The van der Waals surface area contributed by atoms with Crippen molar-refractivity contribution in [2.45, 2.75) is 25.4 Å². The molecule has 1 nitrogen and oxygen atoms in total. The molecule has 1 saturated carbocycles. The lowest BCUT2D eigenvalue weighted by molar-refractivity contribution is 0.306. The van der Waals surface area contributed by atoms with E-state index in [1.54, 1.807) is 0 Å². The van der Waals surface area contributed by atoms with Gasteiger partial charge in [0, 0.05) is 5.02 Å². The minimum absolute atomic E-state index is 0.583. The lowest BCUT2D eigenvalue weighted by Gasteiger charge is -2.07. The van der Waals surface area contributed by atoms with Gasteiger partial charge in [0.05, 0.1) is 0 Å². The monoisotopic (exact) mass is 258 g/mol. The molecule has 1 aliphatic carbocycles. The first-order valence-electron chi connectivity index (χ1n) is 6.28. The van der Waals surface area contributed by atoms with Gasteiger partial charge in [-0.05, 0) is 54.2 Å². The SMILES string of the molecule is Clc1ccc(COc2ccc(C3CC3)cc2)cc1. The molecule has 0 spiro atoms. The minimum atomic E-state index is 0.583. The summed E-state index contributed by atoms with van der Waals surface area (Å²) in [6, 6.07) is 16.2. The molecule has 0 aliphatic heterocycles. The number of benzene rings is 2. The Balaban J connectivity index is 1.60. The van der Waals surface area contributed by atoms with E-state index in [2.05, 4.69) is 24.3 Å². The van der Waals surface area contributed by atoms with E-state index >= 15 is 0 Å². The molecule has 0 saturated heterocycles. The van der Waals surface area contributed by atoms with E-state index in [4.69, 9.17) is 16.3 Å². The molecule has 1 aliphatic rings. The fourth-order valence-electron chi connectivity index (χ4n) is 2.00. The molecule has 0 heterocycles. The van der Waals surface area contributed by atoms with Gasteiger partial charge >= 0.3 is 0 Å². The molecule has 0 atom stereocenters. The molecule has 18 heavy (non-hydrogen) atoms. The summed E-state index contributed by atoms with van der Waals surface area (Å²) < 4.78 is 5.74. The first kappa shape index (κ1) is 11.6. The van der Waals surface area contributed by atoms with Gasteiger partial charge in [0.25, 0.3) is 0 Å². The lowest BCUT2D eigenvalue weighted by atomic mass is 10.1. The Morgan fingerprint density at radius 1 is 0.944 bits per heavy atom. The van der Waals surface area contributed by atoms with Crippen LogP contribution < -0.4 is 4.74 Å². The van der Waals surface area contributed by atoms with Crippen LogP contribution in [-0.2, 0) is 6.61 Å². The van der Waals surface area contributed by atoms with Crippen LogP contribution in [0.5, 0.6) is 5.75 Å². The third kappa shape index (κ3) is 2.85. The Morgan fingerprint density at radius 3 is 2.22 bits per heavy atom. The van der Waals surface area contributed by atoms with Gasteiger partial charge in [-0.3, -0.25) is 0 Å². The second kappa shape index (κ2) is 5.03. The third-order valence-corrected chi connectivity index (χ3v) is 3.50. The Kier molecular flexibility index (Phi) is 3.24. The number of hydrogen-bond acceptors (Lipinski definition) is 1. The fraction of sp³-hybridized carbons (Fsp3) is 0.250. The van der Waals surface area contributed by atoms with Crippen LogP contribution in [0.15, 0.2) is 48.5 Å². The fourth-order valence-corrected chi connectivity index (χ4v) is 2.13. The maximum Gasteiger partial charge on any atom is 0.119 e. The molecular weight excluding hydrogens is 244 g/mol. The van der Waals surface area contributed by atoms with E-state index in [1.807, 2.05) is 24.3 Å². The van der Waals surface area contributed by atoms with Crippen molar-refractivity contribution in [3.05, 3.63) is 64.7 Å². The molecule has 2 aromatic carbocycles. The average Bonchev–Trinajstić information content (AvgIpc) is 3.23. The highest BCUT2D eigenvalue weighted by atomic mass is 35.5. The summed E-state index contributed by atoms with van der Waals surface area (Å²) in [5, 5.41) is 0.757. The largest absolute Gasteiger partial charge is 0.489 e. The summed E-state index contributed by atoms with van der Waals surface area (Å²) in [5.41, 5.74) is 2.57. The van der Waals surface area contributed by atoms with Crippen molar-refractivity contribution in [3.8, 4) is 5.75 Å². The van der Waals surface area contributed by atoms with Crippen LogP contribution in [0.25, 0.3) is 0 Å². The third-order valence-electron chi connectivity index (χ3n) is 3.25. The normalized spacial score (nSPS) is 14.5. The van der Waals surface area contributed by atoms with Gasteiger partial charge in [0.1, 0.15) is 12.4 Å². The van der Waals surface area contributed by atoms with Crippen LogP contribution in [0.3, 0.4) is 0 Å². The summed E-state index contributed by atoms with van der Waals surface area (Å²) in [4.78, 5) is 0. The van der Waals surface area contributed by atoms with Gasteiger partial charge in [-0.15, -0.1) is 0 Å². The van der Waals surface area contributed by atoms with E-state index < -0.39 is 0 Å². The highest BCUT2D eigenvalue weighted by Crippen LogP contribution is 2.40. The Hall–Kier alpha value is -1.47. The van der Waals surface area contributed by atoms with Gasteiger partial charge < -0.3 is 4.74 Å². The van der Waals surface area contributed by atoms with Crippen molar-refractivity contribution in [3.63, 3.8) is 0 Å². The van der Waals surface area contributed by atoms with Crippen LogP contribution in [0.1, 0.15) is 29.9 Å². The summed E-state index contributed by atoms with van der Waals surface area (Å²) in [5.74, 6) is 1.73. The van der Waals surface area contributed by atoms with Crippen molar-refractivity contribution in [1.82, 2.24) is 0 Å². The molecular formula is C16H15ClO. The van der Waals surface area contributed by atoms with Crippen LogP contribution >= 0.6 is 11.6 Å². The van der Waals surface area contributed by atoms with Crippen molar-refractivity contribution in [2.75, 3.05) is 0 Å². The van der Waals surface area contributed by atoms with Gasteiger partial charge in [0.15, 0.2) is 0 Å². The predicted octanol–water partition coefficient (Wildman–Crippen LogP) is 4.80. The number of hydrogen-bond donors (Lipinski definition) is 0. The second-order valence-corrected chi connectivity index (χ2v) is 5.19. The highest BCUT2D eigenvalue weighted by Gasteiger charge is 2.22. The number of halogens is 1. The van der Waals surface area contributed by atoms with E-state index in [0.29, 0.717) is 6.61 Å². The van der Waals surface area contributed by atoms with Gasteiger partial charge in [0.2, 0.25) is 0 Å². The van der Waals surface area contributed by atoms with Crippen molar-refractivity contribution >= 4 is 11.6 Å². The topological polar surface area (TPSA) is 9.23 Å². The zero-order valence-corrected chi connectivity index (χ0v) is 10.9. The zero-order valence-electron chi connectivity index (χ0n) is 10.1. The second-order valence-electron chi connectivity index (χ2n) is 4.76. The molecule has 0 aromatic heterocycles. The first-order chi connectivity index (χ1) is 8.81. The molecule has 3 rings (SSSR count). The van der Waals surface area contributed by atoms with Crippen molar-refractivity contribution in [1.29, 1.82) is 0 Å². The molecule has 0 unspecified atom stereocenters. The summed E-state index contributed by atoms with van der Waals surface area (Å²) in [6.07, 6.45) is 2.68. The van der Waals surface area contributed by atoms with E-state index in [0.717, 1.165) is 22.3 Å². The first-order valence-corrected chi connectivity index (χ1v) is 6.66. The molecule has 92 valence electrons. The summed E-state index contributed by atoms with van der Waals surface area (Å²) >= 11 is 5.84. The summed E-state index contributed by atoms with van der Waals surface area (Å²) in [7, 11) is 0. The van der Waals surface area contributed by atoms with Gasteiger partial charge in [-0.1, -0.05) is 35.9 Å². The average molecular weight is 259 g/mol. The molecule has 1 fully saturated rings.